The summed E-state index contributed by atoms with van der Waals surface area (Å²) in [6.07, 6.45) is 15.2. The number of rotatable bonds is 6. The van der Waals surface area contributed by atoms with Crippen LogP contribution in [0.2, 0.25) is 0 Å². The molecule has 1 aliphatic heterocycles. The maximum Gasteiger partial charge on any atom is 0.131 e. The van der Waals surface area contributed by atoms with Crippen molar-refractivity contribution in [3.05, 3.63) is 41.0 Å². The van der Waals surface area contributed by atoms with Gasteiger partial charge in [-0.2, -0.15) is 0 Å². The molecule has 0 saturated heterocycles. The third-order valence-corrected chi connectivity index (χ3v) is 5.84. The van der Waals surface area contributed by atoms with Crippen LogP contribution in [0, 0.1) is 0 Å². The van der Waals surface area contributed by atoms with E-state index in [-0.39, 0.29) is 0 Å². The second kappa shape index (κ2) is 8.30. The average Bonchev–Trinajstić information content (AvgIpc) is 3.14. The molecule has 2 aromatic rings. The summed E-state index contributed by atoms with van der Waals surface area (Å²) in [6.45, 7) is 5.17. The molecule has 0 aromatic carbocycles. The largest absolute Gasteiger partial charge is 0.345 e. The number of H-pyrrole nitrogens is 1. The molecule has 0 amide bonds. The van der Waals surface area contributed by atoms with Gasteiger partial charge in [-0.25, -0.2) is 15.0 Å². The highest BCUT2D eigenvalue weighted by atomic mass is 15.1. The van der Waals surface area contributed by atoms with Crippen molar-refractivity contribution in [2.45, 2.75) is 83.7 Å². The van der Waals surface area contributed by atoms with Gasteiger partial charge in [-0.3, -0.25) is 4.90 Å². The number of hydrogen-bond donors (Lipinski definition) is 1. The predicted octanol–water partition coefficient (Wildman–Crippen LogP) is 4.15. The van der Waals surface area contributed by atoms with Gasteiger partial charge in [-0.1, -0.05) is 32.6 Å². The Kier molecular flexibility index (Phi) is 5.63. The molecule has 0 atom stereocenters. The molecule has 4 rings (SSSR count). The second-order valence-corrected chi connectivity index (χ2v) is 7.95. The molecule has 5 nitrogen and oxygen atoms in total. The van der Waals surface area contributed by atoms with Gasteiger partial charge in [0.15, 0.2) is 0 Å². The molecule has 1 N–H and O–H groups in total. The third kappa shape index (κ3) is 4.14. The molecule has 1 saturated carbocycles. The highest BCUT2D eigenvalue weighted by Gasteiger charge is 2.23. The van der Waals surface area contributed by atoms with Crippen molar-refractivity contribution >= 4 is 0 Å². The van der Waals surface area contributed by atoms with Gasteiger partial charge in [-0.15, -0.1) is 0 Å². The Morgan fingerprint density at radius 1 is 1.15 bits per heavy atom. The Labute approximate surface area is 156 Å². The molecule has 140 valence electrons. The van der Waals surface area contributed by atoms with Crippen molar-refractivity contribution in [2.75, 3.05) is 6.54 Å². The fraction of sp³-hybridized carbons (Fsp3) is 0.667. The topological polar surface area (TPSA) is 57.7 Å². The number of nitrogens with one attached hydrogen (secondary N) is 1. The average molecular weight is 354 g/mol. The van der Waals surface area contributed by atoms with Crippen LogP contribution in [0.15, 0.2) is 12.4 Å². The lowest BCUT2D eigenvalue weighted by atomic mass is 9.88. The first-order valence-corrected chi connectivity index (χ1v) is 10.4. The summed E-state index contributed by atoms with van der Waals surface area (Å²) in [5.41, 5.74) is 3.81. The fourth-order valence-corrected chi connectivity index (χ4v) is 4.28. The number of hydrogen-bond acceptors (Lipinski definition) is 4. The molecule has 0 unspecified atom stereocenters. The van der Waals surface area contributed by atoms with Crippen molar-refractivity contribution < 1.29 is 0 Å². The van der Waals surface area contributed by atoms with Crippen LogP contribution in [0.25, 0.3) is 0 Å². The highest BCUT2D eigenvalue weighted by Crippen LogP contribution is 2.31. The van der Waals surface area contributed by atoms with Crippen LogP contribution in [-0.2, 0) is 25.9 Å². The normalized spacial score (nSPS) is 18.8. The quantitative estimate of drug-likeness (QED) is 0.847. The van der Waals surface area contributed by atoms with E-state index in [1.54, 1.807) is 0 Å². The fourth-order valence-electron chi connectivity index (χ4n) is 4.28. The molecule has 2 aliphatic rings. The summed E-state index contributed by atoms with van der Waals surface area (Å²) < 4.78 is 0. The summed E-state index contributed by atoms with van der Waals surface area (Å²) in [7, 11) is 0. The molecule has 1 fully saturated rings. The first-order chi connectivity index (χ1) is 12.8. The van der Waals surface area contributed by atoms with Crippen LogP contribution in [0.4, 0.5) is 0 Å². The van der Waals surface area contributed by atoms with Crippen LogP contribution in [0.3, 0.4) is 0 Å². The van der Waals surface area contributed by atoms with E-state index in [0.29, 0.717) is 5.92 Å². The molecule has 5 heteroatoms. The van der Waals surface area contributed by atoms with Crippen molar-refractivity contribution in [3.63, 3.8) is 0 Å². The van der Waals surface area contributed by atoms with E-state index in [4.69, 9.17) is 9.97 Å². The monoisotopic (exact) mass is 353 g/mol. The Morgan fingerprint density at radius 2 is 2.04 bits per heavy atom. The van der Waals surface area contributed by atoms with E-state index < -0.39 is 0 Å². The number of aromatic nitrogens is 4. The van der Waals surface area contributed by atoms with Gasteiger partial charge in [0.2, 0.25) is 0 Å². The zero-order valence-corrected chi connectivity index (χ0v) is 16.0. The Bertz CT molecular complexity index is 717. The van der Waals surface area contributed by atoms with Crippen LogP contribution in [0.5, 0.6) is 0 Å². The Hall–Kier alpha value is -1.75. The second-order valence-electron chi connectivity index (χ2n) is 7.95. The predicted molar refractivity (Wildman–Crippen MR) is 103 cm³/mol. The van der Waals surface area contributed by atoms with Gasteiger partial charge < -0.3 is 4.98 Å². The lowest BCUT2D eigenvalue weighted by Crippen LogP contribution is -2.31. The first-order valence-electron chi connectivity index (χ1n) is 10.4. The van der Waals surface area contributed by atoms with E-state index in [9.17, 15) is 0 Å². The van der Waals surface area contributed by atoms with Gasteiger partial charge in [0.25, 0.3) is 0 Å². The van der Waals surface area contributed by atoms with Crippen molar-refractivity contribution in [1.29, 1.82) is 0 Å². The molecule has 0 spiro atoms. The number of fused-ring (bicyclic) bond motifs is 1. The van der Waals surface area contributed by atoms with Gasteiger partial charge in [-0.05, 0) is 19.3 Å². The lowest BCUT2D eigenvalue weighted by molar-refractivity contribution is 0.239. The summed E-state index contributed by atoms with van der Waals surface area (Å²) in [5.74, 6) is 2.82. The molecule has 1 aliphatic carbocycles. The third-order valence-electron chi connectivity index (χ3n) is 5.84. The van der Waals surface area contributed by atoms with Crippen molar-refractivity contribution in [3.8, 4) is 0 Å². The van der Waals surface area contributed by atoms with E-state index >= 15 is 0 Å². The number of imidazole rings is 1. The van der Waals surface area contributed by atoms with Crippen LogP contribution in [0.1, 0.15) is 86.4 Å². The molecule has 2 aromatic heterocycles. The Balaban J connectivity index is 1.37. The van der Waals surface area contributed by atoms with Crippen molar-refractivity contribution in [2.24, 2.45) is 0 Å². The minimum absolute atomic E-state index is 0.596. The first kappa shape index (κ1) is 17.7. The molecular weight excluding hydrogens is 322 g/mol. The van der Waals surface area contributed by atoms with Crippen LogP contribution >= 0.6 is 0 Å². The molecule has 0 bridgehead atoms. The van der Waals surface area contributed by atoms with E-state index in [0.717, 1.165) is 44.1 Å². The van der Waals surface area contributed by atoms with E-state index in [2.05, 4.69) is 28.0 Å². The summed E-state index contributed by atoms with van der Waals surface area (Å²) in [5, 5.41) is 0. The zero-order valence-electron chi connectivity index (χ0n) is 16.0. The Morgan fingerprint density at radius 3 is 2.88 bits per heavy atom. The molecule has 26 heavy (non-hydrogen) atoms. The minimum atomic E-state index is 0.596. The minimum Gasteiger partial charge on any atom is -0.345 e. The van der Waals surface area contributed by atoms with Gasteiger partial charge in [0.05, 0.1) is 0 Å². The number of unbranched alkanes of at least 4 members (excludes halogenated alkanes) is 1. The number of aromatic amines is 1. The smallest absolute Gasteiger partial charge is 0.131 e. The molecule has 3 heterocycles. The number of nitrogens with zero attached hydrogens (tertiary/aromatic N) is 4. The van der Waals surface area contributed by atoms with Crippen LogP contribution in [-0.4, -0.2) is 31.4 Å². The summed E-state index contributed by atoms with van der Waals surface area (Å²) in [6, 6.07) is 0. The molecular formula is C21H31N5. The standard InChI is InChI=1S/C21H31N5/c1-2-3-9-20-22-13-18(24-20)15-26-11-10-19-17(14-26)12-23-21(25-19)16-7-5-4-6-8-16/h12-13,16H,2-11,14-15H2,1H3,(H,22,24). The lowest BCUT2D eigenvalue weighted by Gasteiger charge is -2.28. The summed E-state index contributed by atoms with van der Waals surface area (Å²) in [4.78, 5) is 20.2. The van der Waals surface area contributed by atoms with E-state index in [1.807, 2.05) is 6.20 Å². The summed E-state index contributed by atoms with van der Waals surface area (Å²) >= 11 is 0. The maximum atomic E-state index is 4.96. The zero-order chi connectivity index (χ0) is 17.8. The van der Waals surface area contributed by atoms with Gasteiger partial charge in [0, 0.05) is 67.7 Å². The van der Waals surface area contributed by atoms with E-state index in [1.165, 1.54) is 61.9 Å². The van der Waals surface area contributed by atoms with Gasteiger partial charge in [0.1, 0.15) is 11.6 Å². The van der Waals surface area contributed by atoms with Crippen LogP contribution < -0.4 is 0 Å². The van der Waals surface area contributed by atoms with Crippen molar-refractivity contribution in [1.82, 2.24) is 24.8 Å². The van der Waals surface area contributed by atoms with Gasteiger partial charge >= 0.3 is 0 Å². The maximum absolute atomic E-state index is 4.96. The number of aryl methyl sites for hydroxylation is 1. The highest BCUT2D eigenvalue weighted by molar-refractivity contribution is 5.22. The SMILES string of the molecule is CCCCc1ncc(CN2CCc3nc(C4CCCCC4)ncc3C2)[nH]1. The molecule has 0 radical (unpaired) electrons.